The molecule has 0 saturated carbocycles. The average molecular weight is 431 g/mol. The van der Waals surface area contributed by atoms with Crippen molar-refractivity contribution in [3.05, 3.63) is 40.7 Å². The quantitative estimate of drug-likeness (QED) is 0.512. The summed E-state index contributed by atoms with van der Waals surface area (Å²) in [5.74, 6) is 0.192. The Morgan fingerprint density at radius 1 is 1.14 bits per heavy atom. The monoisotopic (exact) mass is 430 g/mol. The van der Waals surface area contributed by atoms with Crippen LogP contribution in [0, 0.1) is 13.8 Å². The van der Waals surface area contributed by atoms with Gasteiger partial charge in [-0.3, -0.25) is 9.48 Å². The van der Waals surface area contributed by atoms with Gasteiger partial charge in [-0.15, -0.1) is 10.2 Å². The first-order chi connectivity index (χ1) is 13.9. The van der Waals surface area contributed by atoms with Gasteiger partial charge in [0, 0.05) is 12.7 Å². The van der Waals surface area contributed by atoms with Crippen molar-refractivity contribution in [2.45, 2.75) is 44.9 Å². The van der Waals surface area contributed by atoms with Crippen LogP contribution in [0.2, 0.25) is 0 Å². The molecule has 0 radical (unpaired) electrons. The molecular formula is C20H26N6OS2. The van der Waals surface area contributed by atoms with Gasteiger partial charge in [0.15, 0.2) is 4.34 Å². The highest BCUT2D eigenvalue weighted by Crippen LogP contribution is 2.31. The van der Waals surface area contributed by atoms with Gasteiger partial charge in [0.2, 0.25) is 11.0 Å². The number of carbonyl (C=O) groups excluding carboxylic acids is 1. The second-order valence-electron chi connectivity index (χ2n) is 6.66. The summed E-state index contributed by atoms with van der Waals surface area (Å²) in [6, 6.07) is 6.35. The molecule has 1 aromatic carbocycles. The first-order valence-electron chi connectivity index (χ1n) is 9.57. The lowest BCUT2D eigenvalue weighted by Gasteiger charge is -2.13. The molecule has 29 heavy (non-hydrogen) atoms. The number of anilines is 3. The van der Waals surface area contributed by atoms with Crippen LogP contribution in [0.5, 0.6) is 0 Å². The Labute approximate surface area is 179 Å². The fraction of sp³-hybridized carbons (Fsp3) is 0.400. The van der Waals surface area contributed by atoms with Crippen LogP contribution in [0.15, 0.2) is 22.5 Å². The highest BCUT2D eigenvalue weighted by atomic mass is 32.2. The van der Waals surface area contributed by atoms with Crippen LogP contribution in [0.4, 0.5) is 16.5 Å². The third-order valence-electron chi connectivity index (χ3n) is 4.74. The van der Waals surface area contributed by atoms with Gasteiger partial charge >= 0.3 is 0 Å². The normalized spacial score (nSPS) is 10.9. The van der Waals surface area contributed by atoms with Crippen molar-refractivity contribution in [1.29, 1.82) is 0 Å². The van der Waals surface area contributed by atoms with E-state index in [0.29, 0.717) is 0 Å². The van der Waals surface area contributed by atoms with E-state index in [9.17, 15) is 4.79 Å². The Morgan fingerprint density at radius 2 is 1.83 bits per heavy atom. The van der Waals surface area contributed by atoms with E-state index in [1.807, 2.05) is 20.9 Å². The molecular weight excluding hydrogens is 404 g/mol. The van der Waals surface area contributed by atoms with Crippen LogP contribution in [0.1, 0.15) is 36.4 Å². The van der Waals surface area contributed by atoms with Gasteiger partial charge in [0.25, 0.3) is 0 Å². The molecule has 0 bridgehead atoms. The van der Waals surface area contributed by atoms with Gasteiger partial charge in [-0.05, 0) is 37.8 Å². The number of nitrogens with one attached hydrogen (secondary N) is 2. The summed E-state index contributed by atoms with van der Waals surface area (Å²) in [6.07, 6.45) is 1.90. The average Bonchev–Trinajstić information content (AvgIpc) is 3.26. The minimum Gasteiger partial charge on any atom is -0.330 e. The molecule has 3 aromatic rings. The summed E-state index contributed by atoms with van der Waals surface area (Å²) >= 11 is 2.84. The third kappa shape index (κ3) is 4.97. The molecule has 0 atom stereocenters. The maximum absolute atomic E-state index is 12.3. The number of benzene rings is 1. The largest absolute Gasteiger partial charge is 0.330 e. The van der Waals surface area contributed by atoms with E-state index in [2.05, 4.69) is 58.0 Å². The number of hydrogen-bond donors (Lipinski definition) is 2. The van der Waals surface area contributed by atoms with Crippen LogP contribution in [-0.2, 0) is 24.7 Å². The predicted molar refractivity (Wildman–Crippen MR) is 120 cm³/mol. The number of aromatic nitrogens is 4. The van der Waals surface area contributed by atoms with E-state index in [1.54, 1.807) is 4.68 Å². The molecule has 154 valence electrons. The molecule has 2 N–H and O–H groups in total. The molecule has 2 heterocycles. The van der Waals surface area contributed by atoms with Crippen molar-refractivity contribution in [2.24, 2.45) is 7.05 Å². The van der Waals surface area contributed by atoms with Crippen molar-refractivity contribution in [1.82, 2.24) is 20.0 Å². The zero-order chi connectivity index (χ0) is 21.0. The zero-order valence-electron chi connectivity index (χ0n) is 17.4. The van der Waals surface area contributed by atoms with Gasteiger partial charge in [-0.1, -0.05) is 55.1 Å². The highest BCUT2D eigenvalue weighted by Gasteiger charge is 2.15. The first-order valence-corrected chi connectivity index (χ1v) is 11.4. The van der Waals surface area contributed by atoms with Crippen LogP contribution >= 0.6 is 23.1 Å². The summed E-state index contributed by atoms with van der Waals surface area (Å²) in [6.45, 7) is 8.11. The Bertz CT molecular complexity index is 988. The van der Waals surface area contributed by atoms with Gasteiger partial charge in [-0.2, -0.15) is 5.10 Å². The number of thioether (sulfide) groups is 1. The number of nitrogens with zero attached hydrogens (tertiary/aromatic N) is 4. The lowest BCUT2D eigenvalue weighted by Crippen LogP contribution is -2.15. The predicted octanol–water partition coefficient (Wildman–Crippen LogP) is 4.49. The van der Waals surface area contributed by atoms with E-state index >= 15 is 0 Å². The Hall–Kier alpha value is -2.39. The van der Waals surface area contributed by atoms with Gasteiger partial charge in [-0.25, -0.2) is 0 Å². The molecule has 0 aliphatic heterocycles. The van der Waals surface area contributed by atoms with Crippen LogP contribution < -0.4 is 10.6 Å². The first kappa shape index (κ1) is 21.3. The second kappa shape index (κ2) is 9.41. The zero-order valence-corrected chi connectivity index (χ0v) is 19.0. The fourth-order valence-corrected chi connectivity index (χ4v) is 4.64. The van der Waals surface area contributed by atoms with Gasteiger partial charge in [0.1, 0.15) is 0 Å². The molecule has 3 rings (SSSR count). The number of aryl methyl sites for hydroxylation is 4. The standard InChI is InChI=1S/C20H26N6OS2/c1-6-14-9-8-10-15(7-2)18(14)22-19-23-24-20(29-19)28-11-16(27)21-17-12(3)25-26(5)13(17)4/h8-10H,6-7,11H2,1-5H3,(H,21,27)(H,22,23). The maximum atomic E-state index is 12.3. The molecule has 0 saturated heterocycles. The highest BCUT2D eigenvalue weighted by molar-refractivity contribution is 8.01. The summed E-state index contributed by atoms with van der Waals surface area (Å²) in [4.78, 5) is 12.3. The van der Waals surface area contributed by atoms with E-state index < -0.39 is 0 Å². The second-order valence-corrected chi connectivity index (χ2v) is 8.86. The molecule has 0 fully saturated rings. The van der Waals surface area contributed by atoms with Crippen molar-refractivity contribution >= 4 is 45.5 Å². The smallest absolute Gasteiger partial charge is 0.234 e. The third-order valence-corrected chi connectivity index (χ3v) is 6.71. The van der Waals surface area contributed by atoms with Gasteiger partial charge < -0.3 is 10.6 Å². The number of rotatable bonds is 8. The Balaban J connectivity index is 1.62. The summed E-state index contributed by atoms with van der Waals surface area (Å²) < 4.78 is 2.52. The van der Waals surface area contributed by atoms with Crippen LogP contribution in [-0.4, -0.2) is 31.6 Å². The lowest BCUT2D eigenvalue weighted by atomic mass is 10.0. The van der Waals surface area contributed by atoms with Crippen molar-refractivity contribution in [3.8, 4) is 0 Å². The van der Waals surface area contributed by atoms with E-state index in [-0.39, 0.29) is 11.7 Å². The van der Waals surface area contributed by atoms with E-state index in [0.717, 1.165) is 45.1 Å². The van der Waals surface area contributed by atoms with Gasteiger partial charge in [0.05, 0.1) is 22.8 Å². The lowest BCUT2D eigenvalue weighted by molar-refractivity contribution is -0.113. The molecule has 1 amide bonds. The molecule has 0 spiro atoms. The molecule has 0 unspecified atom stereocenters. The fourth-order valence-electron chi connectivity index (χ4n) is 3.09. The van der Waals surface area contributed by atoms with Crippen LogP contribution in [0.3, 0.4) is 0 Å². The molecule has 0 aliphatic carbocycles. The van der Waals surface area contributed by atoms with E-state index in [4.69, 9.17) is 0 Å². The maximum Gasteiger partial charge on any atom is 0.234 e. The SMILES string of the molecule is CCc1cccc(CC)c1Nc1nnc(SCC(=O)Nc2c(C)nn(C)c2C)s1. The Morgan fingerprint density at radius 3 is 2.41 bits per heavy atom. The topological polar surface area (TPSA) is 84.7 Å². The minimum atomic E-state index is -0.0801. The number of carbonyl (C=O) groups is 1. The van der Waals surface area contributed by atoms with Crippen molar-refractivity contribution in [2.75, 3.05) is 16.4 Å². The Kier molecular flexibility index (Phi) is 6.92. The summed E-state index contributed by atoms with van der Waals surface area (Å²) in [5, 5.41) is 19.9. The van der Waals surface area contributed by atoms with Crippen LogP contribution in [0.25, 0.3) is 0 Å². The minimum absolute atomic E-state index is 0.0801. The molecule has 9 heteroatoms. The summed E-state index contributed by atoms with van der Waals surface area (Å²) in [5.41, 5.74) is 6.16. The van der Waals surface area contributed by atoms with E-state index in [1.165, 1.54) is 34.2 Å². The summed E-state index contributed by atoms with van der Waals surface area (Å²) in [7, 11) is 1.86. The van der Waals surface area contributed by atoms with Crippen molar-refractivity contribution in [3.63, 3.8) is 0 Å². The number of amides is 1. The molecule has 7 nitrogen and oxygen atoms in total. The number of hydrogen-bond acceptors (Lipinski definition) is 7. The number of para-hydroxylation sites is 1. The molecule has 2 aromatic heterocycles. The van der Waals surface area contributed by atoms with Crippen molar-refractivity contribution < 1.29 is 4.79 Å². The molecule has 0 aliphatic rings.